The molecule has 0 spiro atoms. The van der Waals surface area contributed by atoms with Gasteiger partial charge in [0.2, 0.25) is 0 Å². The first-order valence-electron chi connectivity index (χ1n) is 13.5. The molecule has 0 bridgehead atoms. The van der Waals surface area contributed by atoms with Crippen molar-refractivity contribution in [3.8, 4) is 11.3 Å². The molecule has 4 heterocycles. The number of fused-ring (bicyclic) bond motifs is 1. The second kappa shape index (κ2) is 9.29. The summed E-state index contributed by atoms with van der Waals surface area (Å²) in [5.41, 5.74) is 2.28. The lowest BCUT2D eigenvalue weighted by Crippen LogP contribution is -2.71. The van der Waals surface area contributed by atoms with Crippen molar-refractivity contribution in [2.75, 3.05) is 10.2 Å². The van der Waals surface area contributed by atoms with Crippen LogP contribution in [0.25, 0.3) is 27.7 Å². The number of benzene rings is 1. The average molecular weight is 524 g/mol. The number of rotatable bonds is 5. The smallest absolute Gasteiger partial charge is 0.130 e. The zero-order chi connectivity index (χ0) is 29.3. The van der Waals surface area contributed by atoms with Crippen LogP contribution in [-0.4, -0.2) is 54.0 Å². The molecular formula is C31H35B3N6. The van der Waals surface area contributed by atoms with Crippen molar-refractivity contribution in [2.45, 2.75) is 69.6 Å². The maximum Gasteiger partial charge on any atom is 0.130 e. The van der Waals surface area contributed by atoms with Crippen LogP contribution in [0.2, 0.25) is 10.6 Å². The molecule has 6 nitrogen and oxygen atoms in total. The summed E-state index contributed by atoms with van der Waals surface area (Å²) in [6.45, 7) is 16.4. The van der Waals surface area contributed by atoms with Gasteiger partial charge < -0.3 is 14.8 Å². The van der Waals surface area contributed by atoms with Crippen LogP contribution in [0.1, 0.15) is 52.4 Å². The minimum absolute atomic E-state index is 0.528. The van der Waals surface area contributed by atoms with E-state index in [4.69, 9.17) is 28.5 Å². The molecule has 3 aromatic heterocycles. The van der Waals surface area contributed by atoms with Gasteiger partial charge in [0.05, 0.1) is 27.6 Å². The van der Waals surface area contributed by atoms with Gasteiger partial charge in [0.25, 0.3) is 0 Å². The molecule has 6 radical (unpaired) electrons. The molecule has 0 aliphatic carbocycles. The highest BCUT2D eigenvalue weighted by atomic mass is 15.3. The highest BCUT2D eigenvalue weighted by Crippen LogP contribution is 2.62. The normalized spacial score (nSPS) is 26.1. The fraction of sp³-hybridized carbons (Fsp3) is 0.387. The summed E-state index contributed by atoms with van der Waals surface area (Å²) in [5, 5.41) is 4.14. The Hall–Kier alpha value is -3.48. The summed E-state index contributed by atoms with van der Waals surface area (Å²) in [5.74, 6) is 2.35. The number of aryl methyl sites for hydroxylation is 1. The third-order valence-corrected chi connectivity index (χ3v) is 9.15. The molecule has 5 rings (SSSR count). The van der Waals surface area contributed by atoms with Crippen molar-refractivity contribution in [3.63, 3.8) is 0 Å². The third kappa shape index (κ3) is 4.44. The molecule has 40 heavy (non-hydrogen) atoms. The van der Waals surface area contributed by atoms with E-state index in [0.717, 1.165) is 33.4 Å². The number of nitrogens with one attached hydrogen (secondary N) is 1. The molecule has 1 aliphatic heterocycles. The van der Waals surface area contributed by atoms with Crippen LogP contribution in [0.15, 0.2) is 61.6 Å². The molecular weight excluding hydrogens is 489 g/mol. The fourth-order valence-electron chi connectivity index (χ4n) is 5.87. The van der Waals surface area contributed by atoms with E-state index in [9.17, 15) is 0 Å². The van der Waals surface area contributed by atoms with Crippen LogP contribution >= 0.6 is 0 Å². The molecule has 198 valence electrons. The van der Waals surface area contributed by atoms with Crippen molar-refractivity contribution in [2.24, 2.45) is 7.05 Å². The van der Waals surface area contributed by atoms with Gasteiger partial charge in [0.1, 0.15) is 25.3 Å². The number of imidazole rings is 1. The van der Waals surface area contributed by atoms with Crippen molar-refractivity contribution >= 4 is 51.6 Å². The van der Waals surface area contributed by atoms with E-state index in [0.29, 0.717) is 23.8 Å². The maximum absolute atomic E-state index is 6.95. The number of hydrogen-bond donors (Lipinski definition) is 1. The minimum atomic E-state index is -0.903. The van der Waals surface area contributed by atoms with Gasteiger partial charge in [-0.25, -0.2) is 15.0 Å². The zero-order valence-corrected chi connectivity index (χ0v) is 24.6. The average Bonchev–Trinajstić information content (AvgIpc) is 3.20. The Labute approximate surface area is 241 Å². The molecule has 1 aliphatic rings. The lowest BCUT2D eigenvalue weighted by atomic mass is 9.37. The van der Waals surface area contributed by atoms with Gasteiger partial charge in [-0.3, -0.25) is 0 Å². The minimum Gasteiger partial charge on any atom is -0.355 e. The molecule has 3 atom stereocenters. The maximum atomic E-state index is 6.95. The van der Waals surface area contributed by atoms with E-state index in [-0.39, 0.29) is 0 Å². The highest BCUT2D eigenvalue weighted by molar-refractivity contribution is 6.29. The van der Waals surface area contributed by atoms with Crippen LogP contribution in [0.5, 0.6) is 0 Å². The molecule has 1 fully saturated rings. The van der Waals surface area contributed by atoms with E-state index in [2.05, 4.69) is 63.4 Å². The highest BCUT2D eigenvalue weighted by Gasteiger charge is 2.58. The summed E-state index contributed by atoms with van der Waals surface area (Å²) in [7, 11) is 22.6. The molecule has 4 aromatic rings. The lowest BCUT2D eigenvalue weighted by molar-refractivity contribution is 0.178. The summed E-state index contributed by atoms with van der Waals surface area (Å²) < 4.78 is 2.08. The van der Waals surface area contributed by atoms with Crippen LogP contribution < -0.4 is 10.2 Å². The summed E-state index contributed by atoms with van der Waals surface area (Å²) in [4.78, 5) is 15.8. The van der Waals surface area contributed by atoms with Crippen LogP contribution in [0.3, 0.4) is 0 Å². The van der Waals surface area contributed by atoms with Crippen molar-refractivity contribution in [3.05, 3.63) is 73.0 Å². The topological polar surface area (TPSA) is 58.9 Å². The fourth-order valence-corrected chi connectivity index (χ4v) is 5.87. The SMILES string of the molecule is [B]C1(C)CC([B])(C)C(C)(C)N(c2cc(C(=C)Nc3cc4cc(-c5cnc(C)n5C)ccc4cn3)ccn2)C1([B])C. The number of pyridine rings is 2. The number of nitrogens with zero attached hydrogens (tertiary/aromatic N) is 5. The Morgan fingerprint density at radius 1 is 0.900 bits per heavy atom. The molecule has 9 heteroatoms. The monoisotopic (exact) mass is 524 g/mol. The Balaban J connectivity index is 1.46. The van der Waals surface area contributed by atoms with Crippen LogP contribution in [-0.2, 0) is 7.05 Å². The van der Waals surface area contributed by atoms with Crippen molar-refractivity contribution in [1.82, 2.24) is 19.5 Å². The first-order valence-corrected chi connectivity index (χ1v) is 13.5. The molecule has 0 amide bonds. The second-order valence-electron chi connectivity index (χ2n) is 12.4. The molecule has 1 aromatic carbocycles. The molecule has 1 saturated heterocycles. The van der Waals surface area contributed by atoms with Crippen molar-refractivity contribution in [1.29, 1.82) is 0 Å². The standard InChI is InChI=1S/C31H35B3N6/c1-19(38-26-14-24-13-22(9-10-23(24)16-37-26)25-17-36-20(2)39(25)8)21-11-12-35-27(15-21)40-28(3,4)29(5,32)18-30(6,33)31(40,7)34/h9-17H,1,18H2,2-8H3,(H,37,38). The van der Waals surface area contributed by atoms with Crippen LogP contribution in [0, 0.1) is 6.92 Å². The van der Waals surface area contributed by atoms with Gasteiger partial charge >= 0.3 is 0 Å². The zero-order valence-electron chi connectivity index (χ0n) is 24.6. The summed E-state index contributed by atoms with van der Waals surface area (Å²) in [6, 6.07) is 12.2. The van der Waals surface area contributed by atoms with Gasteiger partial charge in [0, 0.05) is 47.2 Å². The van der Waals surface area contributed by atoms with Gasteiger partial charge in [-0.15, -0.1) is 0 Å². The Kier molecular flexibility index (Phi) is 6.52. The quantitative estimate of drug-likeness (QED) is 0.326. The van der Waals surface area contributed by atoms with Crippen LogP contribution in [0.4, 0.5) is 11.6 Å². The predicted octanol–water partition coefficient (Wildman–Crippen LogP) is 5.99. The Morgan fingerprint density at radius 2 is 1.62 bits per heavy atom. The van der Waals surface area contributed by atoms with Gasteiger partial charge in [0.15, 0.2) is 0 Å². The number of aromatic nitrogens is 4. The summed E-state index contributed by atoms with van der Waals surface area (Å²) in [6.07, 6.45) is 6.09. The van der Waals surface area contributed by atoms with E-state index >= 15 is 0 Å². The van der Waals surface area contributed by atoms with E-state index < -0.39 is 21.6 Å². The molecule has 3 unspecified atom stereocenters. The second-order valence-corrected chi connectivity index (χ2v) is 12.4. The van der Waals surface area contributed by atoms with Crippen molar-refractivity contribution < 1.29 is 0 Å². The van der Waals surface area contributed by atoms with E-state index in [1.54, 1.807) is 6.20 Å². The Morgan fingerprint density at radius 3 is 2.30 bits per heavy atom. The Bertz CT molecular complexity index is 1590. The van der Waals surface area contributed by atoms with Gasteiger partial charge in [-0.05, 0) is 61.2 Å². The molecule has 0 saturated carbocycles. The first kappa shape index (κ1) is 28.1. The first-order chi connectivity index (χ1) is 18.5. The number of piperidine rings is 1. The van der Waals surface area contributed by atoms with Gasteiger partial charge in [-0.1, -0.05) is 51.2 Å². The number of anilines is 2. The predicted molar refractivity (Wildman–Crippen MR) is 169 cm³/mol. The number of hydrogen-bond acceptors (Lipinski definition) is 5. The third-order valence-electron chi connectivity index (χ3n) is 9.15. The van der Waals surface area contributed by atoms with E-state index in [1.165, 1.54) is 0 Å². The van der Waals surface area contributed by atoms with E-state index in [1.807, 2.05) is 65.3 Å². The van der Waals surface area contributed by atoms with Gasteiger partial charge in [-0.2, -0.15) is 0 Å². The molecule has 1 N–H and O–H groups in total. The lowest BCUT2D eigenvalue weighted by Gasteiger charge is -2.68. The summed E-state index contributed by atoms with van der Waals surface area (Å²) >= 11 is 0. The largest absolute Gasteiger partial charge is 0.355 e.